The van der Waals surface area contributed by atoms with E-state index >= 15 is 0 Å². The van der Waals surface area contributed by atoms with Gasteiger partial charge in [0.25, 0.3) is 5.91 Å². The molecule has 8 nitrogen and oxygen atoms in total. The zero-order valence-electron chi connectivity index (χ0n) is 21.1. The van der Waals surface area contributed by atoms with Gasteiger partial charge in [-0.3, -0.25) is 19.4 Å². The first-order chi connectivity index (χ1) is 17.8. The van der Waals surface area contributed by atoms with Crippen LogP contribution >= 0.6 is 0 Å². The third kappa shape index (κ3) is 4.01. The van der Waals surface area contributed by atoms with Crippen molar-refractivity contribution in [3.8, 4) is 6.07 Å². The standard InChI is InChI=1S/C29H29N5O3/c1-18(2)13-25(33(3)26(35)22-8-6-7-19-16-31-12-11-21(19)22)27(36)34-17-29(14-20(34)15-30)23-9-4-5-10-24(23)32-28(29)37/h4-12,16,18,20,25H,13-14,17H2,1-3H3,(H,32,37)/t20-,25-,29-/m0/s1. The van der Waals surface area contributed by atoms with Crippen LogP contribution in [0.25, 0.3) is 10.8 Å². The number of benzene rings is 2. The summed E-state index contributed by atoms with van der Waals surface area (Å²) in [6.45, 7) is 4.09. The molecular weight excluding hydrogens is 466 g/mol. The summed E-state index contributed by atoms with van der Waals surface area (Å²) in [6, 6.07) is 15.4. The van der Waals surface area contributed by atoms with Gasteiger partial charge < -0.3 is 15.1 Å². The van der Waals surface area contributed by atoms with Crippen molar-refractivity contribution in [3.05, 3.63) is 72.1 Å². The highest BCUT2D eigenvalue weighted by Crippen LogP contribution is 2.46. The van der Waals surface area contributed by atoms with Crippen LogP contribution in [-0.2, 0) is 15.0 Å². The lowest BCUT2D eigenvalue weighted by molar-refractivity contribution is -0.136. The average molecular weight is 496 g/mol. The fraction of sp³-hybridized carbons (Fsp3) is 0.345. The highest BCUT2D eigenvalue weighted by atomic mass is 16.2. The molecule has 2 aliphatic rings. The van der Waals surface area contributed by atoms with Crippen LogP contribution < -0.4 is 5.32 Å². The zero-order chi connectivity index (χ0) is 26.3. The number of aromatic nitrogens is 1. The molecule has 3 amide bonds. The van der Waals surface area contributed by atoms with E-state index in [0.717, 1.165) is 22.0 Å². The van der Waals surface area contributed by atoms with Crippen molar-refractivity contribution in [2.75, 3.05) is 18.9 Å². The number of amides is 3. The lowest BCUT2D eigenvalue weighted by Gasteiger charge is -2.33. The Morgan fingerprint density at radius 1 is 1.22 bits per heavy atom. The Bertz CT molecular complexity index is 1440. The molecule has 3 atom stereocenters. The first-order valence-electron chi connectivity index (χ1n) is 12.5. The van der Waals surface area contributed by atoms with Crippen LogP contribution in [0.2, 0.25) is 0 Å². The fourth-order valence-corrected chi connectivity index (χ4v) is 5.69. The van der Waals surface area contributed by atoms with Gasteiger partial charge in [0.1, 0.15) is 12.1 Å². The number of rotatable bonds is 5. The molecule has 1 saturated heterocycles. The van der Waals surface area contributed by atoms with E-state index in [9.17, 15) is 19.6 Å². The molecule has 0 bridgehead atoms. The summed E-state index contributed by atoms with van der Waals surface area (Å²) in [6.07, 6.45) is 3.99. The average Bonchev–Trinajstić information content (AvgIpc) is 3.43. The first kappa shape index (κ1) is 24.4. The number of hydrogen-bond acceptors (Lipinski definition) is 5. The molecule has 0 saturated carbocycles. The minimum Gasteiger partial charge on any atom is -0.330 e. The first-order valence-corrected chi connectivity index (χ1v) is 12.5. The fourth-order valence-electron chi connectivity index (χ4n) is 5.69. The number of nitrogens with one attached hydrogen (secondary N) is 1. The summed E-state index contributed by atoms with van der Waals surface area (Å²) >= 11 is 0. The number of nitriles is 1. The number of hydrogen-bond donors (Lipinski definition) is 1. The van der Waals surface area contributed by atoms with Crippen molar-refractivity contribution in [2.24, 2.45) is 5.92 Å². The topological polar surface area (TPSA) is 106 Å². The number of fused-ring (bicyclic) bond motifs is 3. The van der Waals surface area contributed by atoms with E-state index in [0.29, 0.717) is 12.0 Å². The molecule has 37 heavy (non-hydrogen) atoms. The summed E-state index contributed by atoms with van der Waals surface area (Å²) in [5, 5.41) is 14.5. The maximum atomic E-state index is 14.1. The van der Waals surface area contributed by atoms with E-state index in [1.165, 1.54) is 9.80 Å². The lowest BCUT2D eigenvalue weighted by Crippen LogP contribution is -2.52. The van der Waals surface area contributed by atoms with Crippen LogP contribution in [0.3, 0.4) is 0 Å². The molecule has 0 radical (unpaired) electrons. The van der Waals surface area contributed by atoms with Crippen LogP contribution in [0.15, 0.2) is 60.9 Å². The van der Waals surface area contributed by atoms with Crippen LogP contribution in [0.1, 0.15) is 42.6 Å². The predicted octanol–water partition coefficient (Wildman–Crippen LogP) is 3.74. The maximum Gasteiger partial charge on any atom is 0.254 e. The van der Waals surface area contributed by atoms with Gasteiger partial charge in [0.2, 0.25) is 11.8 Å². The predicted molar refractivity (Wildman–Crippen MR) is 140 cm³/mol. The minimum atomic E-state index is -0.972. The molecule has 1 N–H and O–H groups in total. The molecule has 188 valence electrons. The second-order valence-electron chi connectivity index (χ2n) is 10.4. The van der Waals surface area contributed by atoms with Crippen molar-refractivity contribution in [1.82, 2.24) is 14.8 Å². The van der Waals surface area contributed by atoms with E-state index in [2.05, 4.69) is 16.4 Å². The molecule has 2 aromatic carbocycles. The summed E-state index contributed by atoms with van der Waals surface area (Å²) in [4.78, 5) is 48.1. The zero-order valence-corrected chi connectivity index (χ0v) is 21.1. The van der Waals surface area contributed by atoms with Crippen molar-refractivity contribution >= 4 is 34.2 Å². The van der Waals surface area contributed by atoms with Crippen molar-refractivity contribution in [2.45, 2.75) is 44.2 Å². The number of carbonyl (C=O) groups excluding carboxylic acids is 3. The summed E-state index contributed by atoms with van der Waals surface area (Å²) in [5.41, 5.74) is 1.04. The number of carbonyl (C=O) groups is 3. The molecule has 2 aliphatic heterocycles. The third-order valence-electron chi connectivity index (χ3n) is 7.59. The van der Waals surface area contributed by atoms with Crippen LogP contribution in [-0.4, -0.2) is 58.2 Å². The van der Waals surface area contributed by atoms with E-state index in [4.69, 9.17) is 0 Å². The Labute approximate surface area is 215 Å². The van der Waals surface area contributed by atoms with Gasteiger partial charge in [-0.05, 0) is 41.5 Å². The summed E-state index contributed by atoms with van der Waals surface area (Å²) < 4.78 is 0. The number of anilines is 1. The molecule has 3 aromatic rings. The number of likely N-dealkylation sites (tertiary alicyclic amines) is 1. The molecule has 1 fully saturated rings. The normalized spacial score (nSPS) is 21.1. The highest BCUT2D eigenvalue weighted by molar-refractivity contribution is 6.09. The van der Waals surface area contributed by atoms with Crippen LogP contribution in [0.5, 0.6) is 0 Å². The van der Waals surface area contributed by atoms with Crippen LogP contribution in [0.4, 0.5) is 5.69 Å². The number of likely N-dealkylation sites (N-methyl/N-ethyl adjacent to an activating group) is 1. The molecule has 8 heteroatoms. The van der Waals surface area contributed by atoms with E-state index in [1.807, 2.05) is 44.2 Å². The molecule has 5 rings (SSSR count). The van der Waals surface area contributed by atoms with Gasteiger partial charge in [-0.1, -0.05) is 44.2 Å². The van der Waals surface area contributed by atoms with Gasteiger partial charge in [-0.25, -0.2) is 0 Å². The van der Waals surface area contributed by atoms with Gasteiger partial charge in [0.05, 0.1) is 11.5 Å². The summed E-state index contributed by atoms with van der Waals surface area (Å²) in [7, 11) is 1.64. The van der Waals surface area contributed by atoms with Crippen molar-refractivity contribution in [1.29, 1.82) is 5.26 Å². The van der Waals surface area contributed by atoms with Crippen molar-refractivity contribution in [3.63, 3.8) is 0 Å². The highest BCUT2D eigenvalue weighted by Gasteiger charge is 2.56. The minimum absolute atomic E-state index is 0.101. The van der Waals surface area contributed by atoms with E-state index < -0.39 is 17.5 Å². The molecule has 1 aromatic heterocycles. The largest absolute Gasteiger partial charge is 0.330 e. The Morgan fingerprint density at radius 3 is 2.76 bits per heavy atom. The molecule has 0 unspecified atom stereocenters. The van der Waals surface area contributed by atoms with Gasteiger partial charge >= 0.3 is 0 Å². The number of pyridine rings is 1. The SMILES string of the molecule is CC(C)C[C@@H](C(=O)N1C[C@]2(C[C@H]1C#N)C(=O)Nc1ccccc12)N(C)C(=O)c1cccc2cnccc12. The van der Waals surface area contributed by atoms with Gasteiger partial charge in [0.15, 0.2) is 0 Å². The van der Waals surface area contributed by atoms with Crippen LogP contribution in [0, 0.1) is 17.2 Å². The molecule has 0 aliphatic carbocycles. The third-order valence-corrected chi connectivity index (χ3v) is 7.59. The van der Waals surface area contributed by atoms with Crippen molar-refractivity contribution < 1.29 is 14.4 Å². The lowest BCUT2D eigenvalue weighted by atomic mass is 9.80. The Kier molecular flexibility index (Phi) is 6.16. The maximum absolute atomic E-state index is 14.1. The van der Waals surface area contributed by atoms with Gasteiger partial charge in [-0.2, -0.15) is 5.26 Å². The molecular formula is C29H29N5O3. The van der Waals surface area contributed by atoms with Gasteiger partial charge in [-0.15, -0.1) is 0 Å². The Morgan fingerprint density at radius 2 is 2.00 bits per heavy atom. The molecule has 1 spiro atoms. The smallest absolute Gasteiger partial charge is 0.254 e. The second-order valence-corrected chi connectivity index (χ2v) is 10.4. The second kappa shape index (κ2) is 9.32. The Hall–Kier alpha value is -4.25. The van der Waals surface area contributed by atoms with Gasteiger partial charge in [0, 0.05) is 49.0 Å². The monoisotopic (exact) mass is 495 g/mol. The number of nitrogens with zero attached hydrogens (tertiary/aromatic N) is 4. The number of para-hydroxylation sites is 1. The Balaban J connectivity index is 1.48. The summed E-state index contributed by atoms with van der Waals surface area (Å²) in [5.74, 6) is -0.666. The van der Waals surface area contributed by atoms with E-state index in [-0.39, 0.29) is 36.6 Å². The molecule has 3 heterocycles. The quantitative estimate of drug-likeness (QED) is 0.580. The van der Waals surface area contributed by atoms with E-state index in [1.54, 1.807) is 37.6 Å².